The third-order valence-corrected chi connectivity index (χ3v) is 5.13. The molecule has 0 saturated heterocycles. The lowest BCUT2D eigenvalue weighted by atomic mass is 10.1. The van der Waals surface area contributed by atoms with E-state index in [9.17, 15) is 14.0 Å². The van der Waals surface area contributed by atoms with Gasteiger partial charge in [-0.2, -0.15) is 0 Å². The molecular weight excluding hydrogens is 447 g/mol. The average Bonchev–Trinajstić information content (AvgIpc) is 2.79. The zero-order valence-electron chi connectivity index (χ0n) is 18.0. The van der Waals surface area contributed by atoms with Gasteiger partial charge in [0.05, 0.1) is 5.56 Å². The van der Waals surface area contributed by atoms with Gasteiger partial charge < -0.3 is 16.4 Å². The minimum Gasteiger partial charge on any atom is -0.337 e. The highest BCUT2D eigenvalue weighted by Gasteiger charge is 2.11. The van der Waals surface area contributed by atoms with Crippen molar-refractivity contribution in [2.75, 3.05) is 25.0 Å². The van der Waals surface area contributed by atoms with Crippen LogP contribution >= 0.6 is 11.6 Å². The summed E-state index contributed by atoms with van der Waals surface area (Å²) in [6, 6.07) is 11.4. The number of H-pyrrole nitrogens is 1. The Balaban J connectivity index is 1.55. The molecule has 0 unspecified atom stereocenters. The summed E-state index contributed by atoms with van der Waals surface area (Å²) in [5.41, 5.74) is 7.06. The summed E-state index contributed by atoms with van der Waals surface area (Å²) in [7, 11) is 0. The number of anilines is 1. The Morgan fingerprint density at radius 1 is 1.15 bits per heavy atom. The molecule has 10 heteroatoms. The lowest BCUT2D eigenvalue weighted by molar-refractivity contribution is 0.252. The van der Waals surface area contributed by atoms with Crippen LogP contribution < -0.4 is 27.2 Å². The van der Waals surface area contributed by atoms with Gasteiger partial charge in [-0.05, 0) is 55.3 Å². The van der Waals surface area contributed by atoms with E-state index in [1.807, 2.05) is 12.1 Å². The number of nitrogens with zero attached hydrogens (tertiary/aromatic N) is 1. The van der Waals surface area contributed by atoms with Crippen LogP contribution in [0.1, 0.15) is 17.5 Å². The highest BCUT2D eigenvalue weighted by atomic mass is 35.5. The number of carbonyl (C=O) groups excluding carboxylic acids is 1. The number of halogens is 2. The van der Waals surface area contributed by atoms with Crippen molar-refractivity contribution in [1.29, 1.82) is 0 Å². The fourth-order valence-corrected chi connectivity index (χ4v) is 3.22. The molecule has 33 heavy (non-hydrogen) atoms. The maximum atomic E-state index is 14.4. The molecule has 174 valence electrons. The standard InChI is InChI=1S/C23H26ClFN6O2/c24-18-6-2-15(3-7-18)8-11-28-23(33)31-22-29-14-19(21(32)30-22)16-4-5-17(20(25)12-16)13-27-10-1-9-26/h2-7,12,14,27H,1,8-11,13,26H2,(H3,28,29,30,31,32,33). The number of carbonyl (C=O) groups is 1. The van der Waals surface area contributed by atoms with Crippen LogP contribution in [0.15, 0.2) is 53.5 Å². The Hall–Kier alpha value is -3.27. The third-order valence-electron chi connectivity index (χ3n) is 4.88. The Bertz CT molecular complexity index is 1140. The van der Waals surface area contributed by atoms with Crippen LogP contribution in [0.25, 0.3) is 11.1 Å². The molecule has 0 radical (unpaired) electrons. The monoisotopic (exact) mass is 472 g/mol. The van der Waals surface area contributed by atoms with Gasteiger partial charge >= 0.3 is 6.03 Å². The number of hydrogen-bond donors (Lipinski definition) is 5. The number of rotatable bonds is 10. The van der Waals surface area contributed by atoms with E-state index in [2.05, 4.69) is 25.9 Å². The molecule has 1 aromatic heterocycles. The van der Waals surface area contributed by atoms with E-state index < -0.39 is 17.4 Å². The van der Waals surface area contributed by atoms with Crippen LogP contribution in [0.5, 0.6) is 0 Å². The Kier molecular flexibility index (Phi) is 8.94. The summed E-state index contributed by atoms with van der Waals surface area (Å²) in [6.45, 7) is 2.03. The number of aromatic nitrogens is 2. The van der Waals surface area contributed by atoms with Crippen LogP contribution in [0.4, 0.5) is 15.1 Å². The second-order valence-corrected chi connectivity index (χ2v) is 7.79. The largest absolute Gasteiger partial charge is 0.337 e. The van der Waals surface area contributed by atoms with Gasteiger partial charge in [0.1, 0.15) is 5.82 Å². The number of nitrogens with one attached hydrogen (secondary N) is 4. The molecule has 2 aromatic carbocycles. The molecule has 0 aliphatic heterocycles. The van der Waals surface area contributed by atoms with Crippen LogP contribution in [0.3, 0.4) is 0 Å². The molecule has 0 aliphatic carbocycles. The van der Waals surface area contributed by atoms with Crippen LogP contribution in [-0.4, -0.2) is 35.6 Å². The summed E-state index contributed by atoms with van der Waals surface area (Å²) in [4.78, 5) is 31.1. The van der Waals surface area contributed by atoms with Gasteiger partial charge in [0.25, 0.3) is 5.56 Å². The minimum atomic E-state index is -0.502. The van der Waals surface area contributed by atoms with Crippen molar-refractivity contribution in [3.05, 3.63) is 81.0 Å². The van der Waals surface area contributed by atoms with E-state index in [4.69, 9.17) is 17.3 Å². The van der Waals surface area contributed by atoms with Gasteiger partial charge in [0.2, 0.25) is 5.95 Å². The fourth-order valence-electron chi connectivity index (χ4n) is 3.10. The molecule has 2 amide bonds. The van der Waals surface area contributed by atoms with E-state index in [0.717, 1.165) is 12.0 Å². The first-order valence-corrected chi connectivity index (χ1v) is 10.9. The van der Waals surface area contributed by atoms with E-state index in [0.29, 0.717) is 48.7 Å². The van der Waals surface area contributed by atoms with Gasteiger partial charge in [-0.1, -0.05) is 35.9 Å². The summed E-state index contributed by atoms with van der Waals surface area (Å²) in [6.07, 6.45) is 2.73. The maximum absolute atomic E-state index is 14.4. The molecular formula is C23H26ClFN6O2. The molecule has 0 saturated carbocycles. The first-order valence-electron chi connectivity index (χ1n) is 10.5. The van der Waals surface area contributed by atoms with E-state index in [-0.39, 0.29) is 11.5 Å². The number of hydrogen-bond acceptors (Lipinski definition) is 5. The van der Waals surface area contributed by atoms with Crippen molar-refractivity contribution in [1.82, 2.24) is 20.6 Å². The van der Waals surface area contributed by atoms with Crippen molar-refractivity contribution in [3.63, 3.8) is 0 Å². The van der Waals surface area contributed by atoms with Crippen LogP contribution in [0, 0.1) is 5.82 Å². The predicted molar refractivity (Wildman–Crippen MR) is 128 cm³/mol. The molecule has 0 spiro atoms. The summed E-state index contributed by atoms with van der Waals surface area (Å²) >= 11 is 5.85. The van der Waals surface area contributed by atoms with Crippen molar-refractivity contribution < 1.29 is 9.18 Å². The second-order valence-electron chi connectivity index (χ2n) is 7.36. The molecule has 3 rings (SSSR count). The van der Waals surface area contributed by atoms with Gasteiger partial charge in [0.15, 0.2) is 0 Å². The third kappa shape index (κ3) is 7.38. The molecule has 0 fully saturated rings. The van der Waals surface area contributed by atoms with Crippen LogP contribution in [-0.2, 0) is 13.0 Å². The molecule has 8 nitrogen and oxygen atoms in total. The van der Waals surface area contributed by atoms with Crippen molar-refractivity contribution in [2.45, 2.75) is 19.4 Å². The topological polar surface area (TPSA) is 125 Å². The van der Waals surface area contributed by atoms with E-state index >= 15 is 0 Å². The van der Waals surface area contributed by atoms with Gasteiger partial charge in [-0.3, -0.25) is 15.1 Å². The Labute approximate surface area is 195 Å². The van der Waals surface area contributed by atoms with Crippen molar-refractivity contribution in [3.8, 4) is 11.1 Å². The zero-order chi connectivity index (χ0) is 23.6. The van der Waals surface area contributed by atoms with Crippen LogP contribution in [0.2, 0.25) is 5.02 Å². The average molecular weight is 473 g/mol. The van der Waals surface area contributed by atoms with Gasteiger partial charge in [0, 0.05) is 29.9 Å². The first kappa shape index (κ1) is 24.4. The fraction of sp³-hybridized carbons (Fsp3) is 0.261. The van der Waals surface area contributed by atoms with E-state index in [1.165, 1.54) is 12.3 Å². The Morgan fingerprint density at radius 3 is 2.64 bits per heavy atom. The number of amides is 2. The lowest BCUT2D eigenvalue weighted by Crippen LogP contribution is -2.31. The highest BCUT2D eigenvalue weighted by molar-refractivity contribution is 6.30. The molecule has 0 aliphatic rings. The number of aromatic amines is 1. The second kappa shape index (κ2) is 12.1. The molecule has 6 N–H and O–H groups in total. The van der Waals surface area contributed by atoms with Gasteiger partial charge in [-0.25, -0.2) is 14.2 Å². The Morgan fingerprint density at radius 2 is 1.94 bits per heavy atom. The number of urea groups is 1. The lowest BCUT2D eigenvalue weighted by Gasteiger charge is -2.09. The smallest absolute Gasteiger partial charge is 0.321 e. The summed E-state index contributed by atoms with van der Waals surface area (Å²) < 4.78 is 14.4. The van der Waals surface area contributed by atoms with E-state index in [1.54, 1.807) is 24.3 Å². The predicted octanol–water partition coefficient (Wildman–Crippen LogP) is 3.03. The first-order chi connectivity index (χ1) is 16.0. The number of benzene rings is 2. The molecule has 0 bridgehead atoms. The zero-order valence-corrected chi connectivity index (χ0v) is 18.7. The normalized spacial score (nSPS) is 10.8. The summed E-state index contributed by atoms with van der Waals surface area (Å²) in [5.74, 6) is -0.427. The van der Waals surface area contributed by atoms with Gasteiger partial charge in [-0.15, -0.1) is 0 Å². The van der Waals surface area contributed by atoms with Crippen molar-refractivity contribution in [2.24, 2.45) is 5.73 Å². The molecule has 1 heterocycles. The van der Waals surface area contributed by atoms with Crippen molar-refractivity contribution >= 4 is 23.6 Å². The quantitative estimate of drug-likeness (QED) is 0.290. The molecule has 0 atom stereocenters. The molecule has 3 aromatic rings. The number of nitrogens with two attached hydrogens (primary N) is 1. The summed E-state index contributed by atoms with van der Waals surface area (Å²) in [5, 5.41) is 8.94. The SMILES string of the molecule is NCCCNCc1ccc(-c2cnc(NC(=O)NCCc3ccc(Cl)cc3)[nH]c2=O)cc1F. The maximum Gasteiger partial charge on any atom is 0.321 e. The highest BCUT2D eigenvalue weighted by Crippen LogP contribution is 2.19. The minimum absolute atomic E-state index is 0.00561.